The average Bonchev–Trinajstić information content (AvgIpc) is 2.55. The zero-order valence-electron chi connectivity index (χ0n) is 9.43. The summed E-state index contributed by atoms with van der Waals surface area (Å²) in [6.07, 6.45) is 1.32. The van der Waals surface area contributed by atoms with Crippen LogP contribution in [-0.2, 0) is 14.6 Å². The first-order valence-electron chi connectivity index (χ1n) is 5.66. The van der Waals surface area contributed by atoms with E-state index < -0.39 is 15.1 Å². The predicted molar refractivity (Wildman–Crippen MR) is 64.3 cm³/mol. The minimum Gasteiger partial charge on any atom is -0.356 e. The van der Waals surface area contributed by atoms with E-state index in [0.29, 0.717) is 24.3 Å². The molecule has 1 aromatic rings. The molecule has 5 heteroatoms. The lowest BCUT2D eigenvalue weighted by Gasteiger charge is -2.13. The molecule has 1 aliphatic heterocycles. The standard InChI is InChI=1S/C12H15NO3S/c14-12-9-11(7-4-8-13-12)17(15,16)10-5-2-1-3-6-10/h1-3,5-6,11H,4,7-9H2,(H,13,14). The molecule has 1 aromatic carbocycles. The normalized spacial score (nSPS) is 21.6. The van der Waals surface area contributed by atoms with E-state index in [1.165, 1.54) is 0 Å². The minimum absolute atomic E-state index is 0.0667. The number of hydrogen-bond donors (Lipinski definition) is 1. The zero-order chi connectivity index (χ0) is 12.3. The first-order chi connectivity index (χ1) is 8.10. The quantitative estimate of drug-likeness (QED) is 0.859. The summed E-state index contributed by atoms with van der Waals surface area (Å²) < 4.78 is 24.6. The fourth-order valence-corrected chi connectivity index (χ4v) is 3.78. The Kier molecular flexibility index (Phi) is 3.47. The highest BCUT2D eigenvalue weighted by Crippen LogP contribution is 2.22. The van der Waals surface area contributed by atoms with Gasteiger partial charge in [0.2, 0.25) is 5.91 Å². The van der Waals surface area contributed by atoms with Gasteiger partial charge in [0.15, 0.2) is 9.84 Å². The summed E-state index contributed by atoms with van der Waals surface area (Å²) in [4.78, 5) is 11.7. The second-order valence-corrected chi connectivity index (χ2v) is 6.40. The van der Waals surface area contributed by atoms with Crippen molar-refractivity contribution in [3.63, 3.8) is 0 Å². The van der Waals surface area contributed by atoms with Gasteiger partial charge in [-0.05, 0) is 25.0 Å². The minimum atomic E-state index is -3.38. The molecule has 1 aliphatic rings. The number of benzene rings is 1. The molecule has 4 nitrogen and oxygen atoms in total. The highest BCUT2D eigenvalue weighted by molar-refractivity contribution is 7.92. The Morgan fingerprint density at radius 3 is 2.59 bits per heavy atom. The molecule has 1 amide bonds. The van der Waals surface area contributed by atoms with Gasteiger partial charge in [0.1, 0.15) is 0 Å². The third-order valence-corrected chi connectivity index (χ3v) is 5.16. The fourth-order valence-electron chi connectivity index (χ4n) is 2.01. The molecule has 1 unspecified atom stereocenters. The zero-order valence-corrected chi connectivity index (χ0v) is 10.2. The maximum absolute atomic E-state index is 12.3. The van der Waals surface area contributed by atoms with Crippen LogP contribution in [0, 0.1) is 0 Å². The Bertz CT molecular complexity index is 496. The summed E-state index contributed by atoms with van der Waals surface area (Å²) in [5.41, 5.74) is 0. The summed E-state index contributed by atoms with van der Waals surface area (Å²) >= 11 is 0. The van der Waals surface area contributed by atoms with Crippen LogP contribution in [-0.4, -0.2) is 26.1 Å². The van der Waals surface area contributed by atoms with Crippen molar-refractivity contribution < 1.29 is 13.2 Å². The number of nitrogens with one attached hydrogen (secondary N) is 1. The van der Waals surface area contributed by atoms with Crippen LogP contribution >= 0.6 is 0 Å². The maximum atomic E-state index is 12.3. The number of rotatable bonds is 2. The lowest BCUT2D eigenvalue weighted by Crippen LogP contribution is -2.27. The number of carbonyl (C=O) groups is 1. The summed E-state index contributed by atoms with van der Waals surface area (Å²) in [6, 6.07) is 8.34. The molecule has 0 saturated carbocycles. The van der Waals surface area contributed by atoms with Gasteiger partial charge >= 0.3 is 0 Å². The van der Waals surface area contributed by atoms with Gasteiger partial charge in [-0.1, -0.05) is 18.2 Å². The van der Waals surface area contributed by atoms with E-state index in [2.05, 4.69) is 5.32 Å². The summed E-state index contributed by atoms with van der Waals surface area (Å²) in [5, 5.41) is 2.10. The van der Waals surface area contributed by atoms with Gasteiger partial charge < -0.3 is 5.32 Å². The molecule has 0 aliphatic carbocycles. The first-order valence-corrected chi connectivity index (χ1v) is 7.21. The van der Waals surface area contributed by atoms with E-state index in [-0.39, 0.29) is 12.3 Å². The van der Waals surface area contributed by atoms with E-state index in [1.54, 1.807) is 30.3 Å². The molecule has 17 heavy (non-hydrogen) atoms. The highest BCUT2D eigenvalue weighted by atomic mass is 32.2. The number of sulfone groups is 1. The van der Waals surface area contributed by atoms with Crippen LogP contribution in [0.1, 0.15) is 19.3 Å². The smallest absolute Gasteiger partial charge is 0.221 e. The molecular formula is C12H15NO3S. The van der Waals surface area contributed by atoms with E-state index >= 15 is 0 Å². The molecule has 1 atom stereocenters. The van der Waals surface area contributed by atoms with Crippen molar-refractivity contribution in [2.75, 3.05) is 6.54 Å². The van der Waals surface area contributed by atoms with Crippen LogP contribution in [0.2, 0.25) is 0 Å². The van der Waals surface area contributed by atoms with Gasteiger partial charge in [-0.25, -0.2) is 8.42 Å². The molecule has 0 aromatic heterocycles. The topological polar surface area (TPSA) is 63.2 Å². The monoisotopic (exact) mass is 253 g/mol. The highest BCUT2D eigenvalue weighted by Gasteiger charge is 2.30. The molecule has 1 N–H and O–H groups in total. The average molecular weight is 253 g/mol. The SMILES string of the molecule is O=C1CC(S(=O)(=O)c2ccccc2)CCCN1. The molecule has 92 valence electrons. The molecule has 2 rings (SSSR count). The van der Waals surface area contributed by atoms with E-state index in [9.17, 15) is 13.2 Å². The second-order valence-electron chi connectivity index (χ2n) is 4.18. The van der Waals surface area contributed by atoms with Crippen LogP contribution in [0.5, 0.6) is 0 Å². The largest absolute Gasteiger partial charge is 0.356 e. The third-order valence-electron chi connectivity index (χ3n) is 2.95. The van der Waals surface area contributed by atoms with E-state index in [1.807, 2.05) is 0 Å². The van der Waals surface area contributed by atoms with Crippen LogP contribution < -0.4 is 5.32 Å². The Hall–Kier alpha value is -1.36. The van der Waals surface area contributed by atoms with Gasteiger partial charge in [0.25, 0.3) is 0 Å². The first kappa shape index (κ1) is 12.1. The van der Waals surface area contributed by atoms with Crippen molar-refractivity contribution in [3.05, 3.63) is 30.3 Å². The summed E-state index contributed by atoms with van der Waals surface area (Å²) in [5.74, 6) is -0.174. The molecule has 1 heterocycles. The van der Waals surface area contributed by atoms with Crippen molar-refractivity contribution in [3.8, 4) is 0 Å². The van der Waals surface area contributed by atoms with Crippen LogP contribution in [0.15, 0.2) is 35.2 Å². The molecule has 1 fully saturated rings. The van der Waals surface area contributed by atoms with E-state index in [0.717, 1.165) is 0 Å². The Labute approximate surface area is 101 Å². The van der Waals surface area contributed by atoms with Gasteiger partial charge in [-0.2, -0.15) is 0 Å². The summed E-state index contributed by atoms with van der Waals surface area (Å²) in [6.45, 7) is 0.569. The van der Waals surface area contributed by atoms with Gasteiger partial charge in [-0.15, -0.1) is 0 Å². The maximum Gasteiger partial charge on any atom is 0.221 e. The van der Waals surface area contributed by atoms with Crippen LogP contribution in [0.25, 0.3) is 0 Å². The van der Waals surface area contributed by atoms with Crippen molar-refractivity contribution in [1.82, 2.24) is 5.32 Å². The number of amides is 1. The van der Waals surface area contributed by atoms with Gasteiger partial charge in [0.05, 0.1) is 10.1 Å². The fraction of sp³-hybridized carbons (Fsp3) is 0.417. The Morgan fingerprint density at radius 2 is 1.88 bits per heavy atom. The molecule has 0 radical (unpaired) electrons. The van der Waals surface area contributed by atoms with Gasteiger partial charge in [0, 0.05) is 13.0 Å². The third kappa shape index (κ3) is 2.66. The number of carbonyl (C=O) groups excluding carboxylic acids is 1. The summed E-state index contributed by atoms with van der Waals surface area (Å²) in [7, 11) is -3.38. The lowest BCUT2D eigenvalue weighted by atomic mass is 10.2. The molecule has 0 bridgehead atoms. The Morgan fingerprint density at radius 1 is 1.18 bits per heavy atom. The van der Waals surface area contributed by atoms with Gasteiger partial charge in [-0.3, -0.25) is 4.79 Å². The second kappa shape index (κ2) is 4.87. The molecule has 0 spiro atoms. The van der Waals surface area contributed by atoms with E-state index in [4.69, 9.17) is 0 Å². The molecular weight excluding hydrogens is 238 g/mol. The van der Waals surface area contributed by atoms with Crippen molar-refractivity contribution in [2.24, 2.45) is 0 Å². The van der Waals surface area contributed by atoms with Crippen molar-refractivity contribution in [1.29, 1.82) is 0 Å². The lowest BCUT2D eigenvalue weighted by molar-refractivity contribution is -0.120. The Balaban J connectivity index is 2.29. The predicted octanol–water partition coefficient (Wildman–Crippen LogP) is 1.13. The van der Waals surface area contributed by atoms with Crippen LogP contribution in [0.3, 0.4) is 0 Å². The number of hydrogen-bond acceptors (Lipinski definition) is 3. The molecule has 1 saturated heterocycles. The van der Waals surface area contributed by atoms with Crippen LogP contribution in [0.4, 0.5) is 0 Å². The van der Waals surface area contributed by atoms with Crippen molar-refractivity contribution in [2.45, 2.75) is 29.4 Å². The van der Waals surface area contributed by atoms with Crippen molar-refractivity contribution >= 4 is 15.7 Å².